The minimum atomic E-state index is -0.289. The van der Waals surface area contributed by atoms with Crippen LogP contribution in [0, 0.1) is 0 Å². The molecule has 2 aromatic heterocycles. The first-order valence-electron chi connectivity index (χ1n) is 24.3. The van der Waals surface area contributed by atoms with Crippen molar-refractivity contribution in [2.45, 2.75) is 0 Å². The molecule has 322 valence electrons. The highest BCUT2D eigenvalue weighted by atomic mass is 16.3. The maximum absolute atomic E-state index is 7.59. The second-order valence-electron chi connectivity index (χ2n) is 19.0. The Labute approximate surface area is 490 Å². The Hall–Kier alpha value is -6.85. The van der Waals surface area contributed by atoms with Gasteiger partial charge in [0.25, 0.3) is 0 Å². The molecule has 0 atom stereocenters. The lowest BCUT2D eigenvalue weighted by atomic mass is 9.59. The average Bonchev–Trinajstić information content (AvgIpc) is 4.08. The van der Waals surface area contributed by atoms with Crippen molar-refractivity contribution in [2.24, 2.45) is 0 Å². The molecule has 0 saturated carbocycles. The van der Waals surface area contributed by atoms with Crippen LogP contribution in [0.2, 0.25) is 0 Å². The van der Waals surface area contributed by atoms with E-state index in [1.807, 2.05) is 97.1 Å². The predicted octanol–water partition coefficient (Wildman–Crippen LogP) is -9.40. The van der Waals surface area contributed by atoms with Gasteiger partial charge in [-0.25, -0.2) is 15.0 Å². The molecule has 0 aliphatic carbocycles. The Morgan fingerprint density at radius 1 is 0.263 bits per heavy atom. The number of fused-ring (bicyclic) bond motifs is 4. The molecule has 5 nitrogen and oxygen atoms in total. The molecule has 0 aliphatic rings. The summed E-state index contributed by atoms with van der Waals surface area (Å²) < 4.78 is 6.64. The number of hydrogen-bond acceptors (Lipinski definition) is 5. The van der Waals surface area contributed by atoms with Crippen LogP contribution >= 0.6 is 0 Å². The van der Waals surface area contributed by atoms with Crippen molar-refractivity contribution in [1.82, 2.24) is 15.0 Å². The maximum Gasteiger partial charge on any atom is 0.164 e. The van der Waals surface area contributed by atoms with E-state index in [4.69, 9.17) is 176 Å². The fraction of sp³-hybridized carbons (Fsp3) is 0. The van der Waals surface area contributed by atoms with E-state index in [0.29, 0.717) is 50.3 Å². The summed E-state index contributed by atoms with van der Waals surface area (Å²) in [6.07, 6.45) is 0. The molecule has 9 aromatic carbocycles. The fourth-order valence-corrected chi connectivity index (χ4v) is 10.4. The van der Waals surface area contributed by atoms with E-state index in [1.165, 1.54) is 4.90 Å². The zero-order valence-corrected chi connectivity index (χ0v) is 42.5. The highest BCUT2D eigenvalue weighted by Crippen LogP contribution is 2.41. The van der Waals surface area contributed by atoms with Gasteiger partial charge in [0.15, 0.2) is 17.5 Å². The van der Waals surface area contributed by atoms with Gasteiger partial charge in [-0.05, 0) is 44.6 Å². The van der Waals surface area contributed by atoms with Crippen LogP contribution in [0.5, 0.6) is 0 Å². The number of aromatic nitrogens is 3. The number of anilines is 3. The molecule has 0 unspecified atom stereocenters. The Balaban J connectivity index is 1.24. The summed E-state index contributed by atoms with van der Waals surface area (Å²) in [6, 6.07) is 30.5. The van der Waals surface area contributed by atoms with Gasteiger partial charge < -0.3 is 9.32 Å². The summed E-state index contributed by atoms with van der Waals surface area (Å²) in [6.45, 7) is 0. The first kappa shape index (κ1) is 55.1. The van der Waals surface area contributed by atoms with E-state index < -0.39 is 0 Å². The molecular weight excluding hydrogens is 949 g/mol. The third-order valence-electron chi connectivity index (χ3n) is 14.6. The van der Waals surface area contributed by atoms with Gasteiger partial charge in [0, 0.05) is 44.5 Å². The predicted molar refractivity (Wildman–Crippen MR) is 354 cm³/mol. The molecule has 0 fully saturated rings. The van der Waals surface area contributed by atoms with Crippen LogP contribution in [0.4, 0.5) is 17.1 Å². The van der Waals surface area contributed by atoms with E-state index in [2.05, 4.69) is 0 Å². The van der Waals surface area contributed by atoms with E-state index >= 15 is 0 Å². The fourth-order valence-electron chi connectivity index (χ4n) is 10.4. The highest BCUT2D eigenvalue weighted by Gasteiger charge is 2.31. The molecule has 0 spiro atoms. The lowest BCUT2D eigenvalue weighted by molar-refractivity contribution is 0.675. The van der Waals surface area contributed by atoms with Gasteiger partial charge in [-0.1, -0.05) is 151 Å². The van der Waals surface area contributed by atoms with Gasteiger partial charge in [0.05, 0.1) is 0 Å². The SMILES string of the molecule is [B]c1c([B])c([B])c(N(c2c([B])c([B])c([B])c([B])c2[B])c2c([B])c([B])c(-c3c([B])c(-c4ccc(-c5nc(-c6ccccc6)nc(-c6ccccc6)n5)c5ccccc45)c4c(oc5c([B])c([B])c([B])c([B])c54)c3[B])c([B])c2[B])c([B])c1[B]. The lowest BCUT2D eigenvalue weighted by Crippen LogP contribution is -2.60. The summed E-state index contributed by atoms with van der Waals surface area (Å²) >= 11 is 0. The molecule has 11 aromatic rings. The summed E-state index contributed by atoms with van der Waals surface area (Å²) in [5.41, 5.74) is -0.516. The van der Waals surface area contributed by atoms with E-state index in [9.17, 15) is 0 Å². The quantitative estimate of drug-likeness (QED) is 0.142. The van der Waals surface area contributed by atoms with Crippen molar-refractivity contribution in [3.8, 4) is 56.4 Å². The van der Waals surface area contributed by atoms with Crippen molar-refractivity contribution in [2.75, 3.05) is 4.90 Å². The smallest absolute Gasteiger partial charge is 0.164 e. The van der Waals surface area contributed by atoms with Crippen LogP contribution in [-0.2, 0) is 0 Å². The molecule has 0 saturated heterocycles. The number of benzene rings is 9. The van der Waals surface area contributed by atoms with Gasteiger partial charge in [0.2, 0.25) is 0 Å². The molecule has 0 N–H and O–H groups in total. The van der Waals surface area contributed by atoms with Crippen LogP contribution in [0.3, 0.4) is 0 Å². The molecule has 11 rings (SSSR count). The van der Waals surface area contributed by atoms with Crippen LogP contribution in [-0.4, -0.2) is 172 Å². The molecule has 0 amide bonds. The number of nitrogens with zero attached hydrogens (tertiary/aromatic N) is 4. The molecule has 0 aliphatic heterocycles. The monoisotopic (exact) mass is 968 g/mol. The van der Waals surface area contributed by atoms with Gasteiger partial charge in [-0.2, -0.15) is 0 Å². The lowest BCUT2D eigenvalue weighted by Gasteiger charge is -2.40. The van der Waals surface area contributed by atoms with Crippen molar-refractivity contribution < 1.29 is 4.42 Å². The Kier molecular flexibility index (Phi) is 14.2. The third kappa shape index (κ3) is 8.32. The second-order valence-corrected chi connectivity index (χ2v) is 19.0. The van der Waals surface area contributed by atoms with Crippen LogP contribution in [0.25, 0.3) is 89.1 Å². The Bertz CT molecular complexity index is 4290. The van der Waals surface area contributed by atoms with Crippen molar-refractivity contribution in [1.29, 1.82) is 0 Å². The zero-order chi connectivity index (χ0) is 57.2. The molecule has 0 bridgehead atoms. The average molecular weight is 965 g/mol. The summed E-state index contributed by atoms with van der Waals surface area (Å²) in [5, 5.41) is 1.92. The van der Waals surface area contributed by atoms with Gasteiger partial charge in [-0.3, -0.25) is 0 Å². The minimum Gasteiger partial charge on any atom is -0.457 e. The number of hydrogen-bond donors (Lipinski definition) is 0. The molecule has 25 heteroatoms. The molecular formula is C55H16B20N4O. The van der Waals surface area contributed by atoms with Gasteiger partial charge in [-0.15, -0.1) is 43.7 Å². The highest BCUT2D eigenvalue weighted by molar-refractivity contribution is 6.73. The van der Waals surface area contributed by atoms with Crippen molar-refractivity contribution in [3.05, 3.63) is 97.1 Å². The second kappa shape index (κ2) is 20.6. The summed E-state index contributed by atoms with van der Waals surface area (Å²) in [5.74, 6) is 1.29. The summed E-state index contributed by atoms with van der Waals surface area (Å²) in [7, 11) is 135. The van der Waals surface area contributed by atoms with E-state index in [1.54, 1.807) is 0 Å². The number of furan rings is 1. The summed E-state index contributed by atoms with van der Waals surface area (Å²) in [4.78, 5) is 16.2. The minimum absolute atomic E-state index is 0.00527. The molecule has 40 radical (unpaired) electrons. The normalized spacial score (nSPS) is 11.5. The van der Waals surface area contributed by atoms with Crippen LogP contribution in [0.1, 0.15) is 0 Å². The topological polar surface area (TPSA) is 55.1 Å². The van der Waals surface area contributed by atoms with Crippen molar-refractivity contribution in [3.63, 3.8) is 0 Å². The third-order valence-corrected chi connectivity index (χ3v) is 14.6. The van der Waals surface area contributed by atoms with Crippen LogP contribution in [0.15, 0.2) is 101 Å². The zero-order valence-electron chi connectivity index (χ0n) is 42.5. The van der Waals surface area contributed by atoms with E-state index in [-0.39, 0.29) is 154 Å². The first-order valence-corrected chi connectivity index (χ1v) is 24.3. The van der Waals surface area contributed by atoms with Crippen LogP contribution < -0.4 is 114 Å². The van der Waals surface area contributed by atoms with Gasteiger partial charge >= 0.3 is 0 Å². The van der Waals surface area contributed by atoms with Gasteiger partial charge in [0.1, 0.15) is 168 Å². The maximum atomic E-state index is 7.59. The number of rotatable bonds is 8. The molecule has 2 heterocycles. The standard InChI is InChI=1S/C55H16B20N4O/c56-28-23(21-15-16-22(20-14-8-7-13-19(20)21)55-77-53(17-9-3-1-4-10-17)76-54(78-55)18-11-5-2-6-12-18)24-27-31(59)33(61)40(68)47(75)52(27)80-51(24)32(60)25(28)26-29(57)41(69)48(42(70)30(26)58)79(49-43(71)36(64)34(62)37(65)44(49)72)50-45(73)38(66)35(63)39(67)46(50)74/h1-16H. The Morgan fingerprint density at radius 2 is 0.600 bits per heavy atom. The van der Waals surface area contributed by atoms with Crippen molar-refractivity contribution >= 4 is 316 Å². The molecule has 80 heavy (non-hydrogen) atoms. The van der Waals surface area contributed by atoms with E-state index in [0.717, 1.165) is 11.1 Å². The Morgan fingerprint density at radius 3 is 1.06 bits per heavy atom. The first-order chi connectivity index (χ1) is 38.1. The largest absolute Gasteiger partial charge is 0.457 e.